The van der Waals surface area contributed by atoms with Crippen molar-refractivity contribution in [2.24, 2.45) is 0 Å². The molecule has 2 nitrogen and oxygen atoms in total. The Morgan fingerprint density at radius 2 is 1.17 bits per heavy atom. The molecular formula is C49H45BN2S. The Kier molecular flexibility index (Phi) is 6.76. The van der Waals surface area contributed by atoms with Gasteiger partial charge in [-0.3, -0.25) is 0 Å². The van der Waals surface area contributed by atoms with Crippen LogP contribution in [0.4, 0.5) is 17.1 Å². The van der Waals surface area contributed by atoms with E-state index >= 15 is 0 Å². The van der Waals surface area contributed by atoms with Crippen molar-refractivity contribution in [1.29, 1.82) is 0 Å². The molecular weight excluding hydrogens is 659 g/mol. The summed E-state index contributed by atoms with van der Waals surface area (Å²) in [7, 11) is 0. The molecule has 8 aromatic rings. The predicted molar refractivity (Wildman–Crippen MR) is 231 cm³/mol. The number of benzene rings is 6. The van der Waals surface area contributed by atoms with Gasteiger partial charge in [-0.05, 0) is 109 Å². The topological polar surface area (TPSA) is 8.17 Å². The number of para-hydroxylation sites is 3. The van der Waals surface area contributed by atoms with Gasteiger partial charge >= 0.3 is 0 Å². The van der Waals surface area contributed by atoms with Crippen LogP contribution >= 0.6 is 11.3 Å². The zero-order chi connectivity index (χ0) is 36.6. The highest BCUT2D eigenvalue weighted by Crippen LogP contribution is 2.48. The molecule has 0 bridgehead atoms. The molecule has 0 aliphatic carbocycles. The Bertz CT molecular complexity index is 2730. The SMILES string of the molecule is CC(C)(C)c1ccc(N2c3ccccc3B3c4sc5ccc(C(C)(C)C)cc5c4C(C)(C)c4cc(-n5c6ccccc6c6ccccc65)cc2c43)cc1. The number of aromatic nitrogens is 1. The van der Waals surface area contributed by atoms with Crippen LogP contribution in [0.15, 0.2) is 127 Å². The third kappa shape index (κ3) is 4.64. The van der Waals surface area contributed by atoms with Crippen molar-refractivity contribution < 1.29 is 0 Å². The molecule has 0 spiro atoms. The summed E-state index contributed by atoms with van der Waals surface area (Å²) in [6.07, 6.45) is 0. The maximum atomic E-state index is 2.56. The van der Waals surface area contributed by atoms with Gasteiger partial charge < -0.3 is 9.47 Å². The fraction of sp³-hybridized carbons (Fsp3) is 0.224. The van der Waals surface area contributed by atoms with Crippen LogP contribution in [0, 0.1) is 0 Å². The number of hydrogen-bond acceptors (Lipinski definition) is 2. The monoisotopic (exact) mass is 704 g/mol. The first-order valence-electron chi connectivity index (χ1n) is 19.1. The number of nitrogens with zero attached hydrogens (tertiary/aromatic N) is 2. The minimum Gasteiger partial charge on any atom is -0.311 e. The predicted octanol–water partition coefficient (Wildman–Crippen LogP) is 11.5. The normalized spacial score (nSPS) is 14.9. The molecule has 0 saturated heterocycles. The van der Waals surface area contributed by atoms with Crippen molar-refractivity contribution in [2.45, 2.75) is 71.6 Å². The first-order valence-corrected chi connectivity index (χ1v) is 19.9. The van der Waals surface area contributed by atoms with Crippen molar-refractivity contribution >= 4 is 82.7 Å². The van der Waals surface area contributed by atoms with Crippen molar-refractivity contribution in [3.8, 4) is 5.69 Å². The van der Waals surface area contributed by atoms with Gasteiger partial charge in [-0.2, -0.15) is 0 Å². The maximum absolute atomic E-state index is 2.56. The summed E-state index contributed by atoms with van der Waals surface area (Å²) in [4.78, 5) is 2.56. The molecule has 0 amide bonds. The average molecular weight is 705 g/mol. The minimum absolute atomic E-state index is 0.0665. The van der Waals surface area contributed by atoms with Crippen molar-refractivity contribution in [1.82, 2.24) is 4.57 Å². The highest BCUT2D eigenvalue weighted by Gasteiger charge is 2.48. The fourth-order valence-electron chi connectivity index (χ4n) is 9.41. The van der Waals surface area contributed by atoms with Gasteiger partial charge in [0.2, 0.25) is 0 Å². The Balaban J connectivity index is 1.33. The average Bonchev–Trinajstić information content (AvgIpc) is 3.69. The molecule has 0 radical (unpaired) electrons. The van der Waals surface area contributed by atoms with Crippen LogP contribution in [-0.2, 0) is 16.2 Å². The van der Waals surface area contributed by atoms with Crippen LogP contribution in [0.25, 0.3) is 37.6 Å². The van der Waals surface area contributed by atoms with Gasteiger partial charge in [0, 0.05) is 43.6 Å². The molecule has 53 heavy (non-hydrogen) atoms. The summed E-state index contributed by atoms with van der Waals surface area (Å²) in [5, 5.41) is 3.98. The molecule has 0 fully saturated rings. The molecule has 4 heteroatoms. The highest BCUT2D eigenvalue weighted by molar-refractivity contribution is 7.32. The van der Waals surface area contributed by atoms with Gasteiger partial charge in [-0.15, -0.1) is 11.3 Å². The van der Waals surface area contributed by atoms with Crippen molar-refractivity contribution in [3.05, 3.63) is 150 Å². The third-order valence-corrected chi connectivity index (χ3v) is 13.4. The standard InChI is InChI=1S/C49H45BN2S/c1-47(2,3)30-21-24-32(25-22-30)51-41-20-14-11-17-38(41)50-45-37(49(7,8)44-36-27-31(48(4,5)6)23-26-43(36)53-46(44)50)28-33(29-42(45)51)52-39-18-12-9-15-34(39)35-16-10-13-19-40(35)52/h9-29H,1-8H3. The number of rotatable bonds is 2. The van der Waals surface area contributed by atoms with E-state index in [1.54, 1.807) is 0 Å². The van der Waals surface area contributed by atoms with Crippen LogP contribution in [0.2, 0.25) is 0 Å². The molecule has 0 N–H and O–H groups in total. The van der Waals surface area contributed by atoms with Crippen LogP contribution < -0.4 is 20.6 Å². The highest BCUT2D eigenvalue weighted by atomic mass is 32.1. The molecule has 10 rings (SSSR count). The van der Waals surface area contributed by atoms with E-state index in [0.29, 0.717) is 0 Å². The zero-order valence-corrected chi connectivity index (χ0v) is 32.8. The zero-order valence-electron chi connectivity index (χ0n) is 32.0. The molecule has 6 aromatic carbocycles. The Labute approximate surface area is 317 Å². The minimum atomic E-state index is -0.243. The molecule has 4 heterocycles. The van der Waals surface area contributed by atoms with Crippen LogP contribution in [-0.4, -0.2) is 11.3 Å². The van der Waals surface area contributed by atoms with Gasteiger partial charge in [0.15, 0.2) is 0 Å². The summed E-state index contributed by atoms with van der Waals surface area (Å²) < 4.78 is 5.38. The summed E-state index contributed by atoms with van der Waals surface area (Å²) in [5.41, 5.74) is 15.8. The van der Waals surface area contributed by atoms with Crippen molar-refractivity contribution in [2.75, 3.05) is 4.90 Å². The van der Waals surface area contributed by atoms with E-state index in [-0.39, 0.29) is 23.0 Å². The third-order valence-electron chi connectivity index (χ3n) is 12.1. The van der Waals surface area contributed by atoms with E-state index in [1.165, 1.54) is 92.6 Å². The largest absolute Gasteiger partial charge is 0.311 e. The molecule has 0 saturated carbocycles. The lowest BCUT2D eigenvalue weighted by molar-refractivity contribution is 0.590. The van der Waals surface area contributed by atoms with E-state index in [2.05, 4.69) is 192 Å². The quantitative estimate of drug-likeness (QED) is 0.163. The fourth-order valence-corrected chi connectivity index (χ4v) is 10.9. The van der Waals surface area contributed by atoms with Gasteiger partial charge in [-0.1, -0.05) is 128 Å². The lowest BCUT2D eigenvalue weighted by Crippen LogP contribution is -2.63. The Hall–Kier alpha value is -5.06. The number of hydrogen-bond donors (Lipinski definition) is 0. The van der Waals surface area contributed by atoms with E-state index < -0.39 is 0 Å². The smallest absolute Gasteiger partial charge is 0.259 e. The van der Waals surface area contributed by atoms with Gasteiger partial charge in [0.05, 0.1) is 11.0 Å². The number of thiophene rings is 1. The van der Waals surface area contributed by atoms with Crippen LogP contribution in [0.5, 0.6) is 0 Å². The second-order valence-corrected chi connectivity index (χ2v) is 18.9. The van der Waals surface area contributed by atoms with E-state index in [9.17, 15) is 0 Å². The molecule has 2 aliphatic heterocycles. The molecule has 2 aliphatic rings. The van der Waals surface area contributed by atoms with E-state index in [0.717, 1.165) is 0 Å². The number of fused-ring (bicyclic) bond motifs is 9. The summed E-state index contributed by atoms with van der Waals surface area (Å²) in [6, 6.07) is 48.6. The molecule has 260 valence electrons. The number of anilines is 3. The summed E-state index contributed by atoms with van der Waals surface area (Å²) in [6.45, 7) is 19.0. The first-order chi connectivity index (χ1) is 25.3. The Morgan fingerprint density at radius 1 is 0.566 bits per heavy atom. The van der Waals surface area contributed by atoms with E-state index in [1.807, 2.05) is 11.3 Å². The maximum Gasteiger partial charge on any atom is 0.259 e. The molecule has 0 atom stereocenters. The lowest BCUT2D eigenvalue weighted by atomic mass is 9.32. The summed E-state index contributed by atoms with van der Waals surface area (Å²) >= 11 is 2.01. The lowest BCUT2D eigenvalue weighted by Gasteiger charge is -2.44. The van der Waals surface area contributed by atoms with Crippen molar-refractivity contribution in [3.63, 3.8) is 0 Å². The second-order valence-electron chi connectivity index (χ2n) is 17.8. The van der Waals surface area contributed by atoms with Crippen LogP contribution in [0.1, 0.15) is 77.6 Å². The van der Waals surface area contributed by atoms with Crippen LogP contribution in [0.3, 0.4) is 0 Å². The first kappa shape index (κ1) is 32.6. The summed E-state index contributed by atoms with van der Waals surface area (Å²) in [5.74, 6) is 0. The van der Waals surface area contributed by atoms with Gasteiger partial charge in [0.25, 0.3) is 6.71 Å². The molecule has 0 unspecified atom stereocenters. The molecule has 2 aromatic heterocycles. The van der Waals surface area contributed by atoms with Gasteiger partial charge in [0.1, 0.15) is 0 Å². The van der Waals surface area contributed by atoms with E-state index in [4.69, 9.17) is 0 Å². The Morgan fingerprint density at radius 3 is 1.83 bits per heavy atom. The van der Waals surface area contributed by atoms with Gasteiger partial charge in [-0.25, -0.2) is 0 Å². The second kappa shape index (κ2) is 11.0.